The van der Waals surface area contributed by atoms with E-state index in [2.05, 4.69) is 15.7 Å². The summed E-state index contributed by atoms with van der Waals surface area (Å²) >= 11 is 0. The molecule has 110 valence electrons. The average molecular weight is 284 g/mol. The molecule has 2 heterocycles. The fraction of sp³-hybridized carbons (Fsp3) is 0.375. The van der Waals surface area contributed by atoms with Crippen molar-refractivity contribution in [3.05, 3.63) is 42.7 Å². The molecule has 0 aliphatic carbocycles. The number of carbonyl (C=O) groups is 1. The summed E-state index contributed by atoms with van der Waals surface area (Å²) in [7, 11) is 0. The van der Waals surface area contributed by atoms with E-state index in [4.69, 9.17) is 0 Å². The van der Waals surface area contributed by atoms with Gasteiger partial charge in [0, 0.05) is 24.5 Å². The summed E-state index contributed by atoms with van der Waals surface area (Å²) in [6.07, 6.45) is 6.34. The smallest absolute Gasteiger partial charge is 0.224 e. The van der Waals surface area contributed by atoms with Crippen molar-refractivity contribution in [3.8, 4) is 5.69 Å². The Morgan fingerprint density at radius 1 is 1.43 bits per heavy atom. The van der Waals surface area contributed by atoms with Crippen LogP contribution in [0.4, 0.5) is 5.69 Å². The molecular formula is C16H20N4O. The van der Waals surface area contributed by atoms with Crippen LogP contribution >= 0.6 is 0 Å². The molecule has 1 fully saturated rings. The number of rotatable bonds is 5. The van der Waals surface area contributed by atoms with Crippen LogP contribution in [0.15, 0.2) is 42.7 Å². The minimum atomic E-state index is 0.0829. The van der Waals surface area contributed by atoms with Gasteiger partial charge in [-0.05, 0) is 56.1 Å². The number of benzene rings is 1. The van der Waals surface area contributed by atoms with Crippen molar-refractivity contribution in [1.82, 2.24) is 15.1 Å². The lowest BCUT2D eigenvalue weighted by Gasteiger charge is -2.10. The van der Waals surface area contributed by atoms with E-state index in [9.17, 15) is 4.79 Å². The first kappa shape index (κ1) is 13.8. The summed E-state index contributed by atoms with van der Waals surface area (Å²) in [5, 5.41) is 10.5. The molecule has 0 radical (unpaired) electrons. The fourth-order valence-corrected chi connectivity index (χ4v) is 2.67. The SMILES string of the molecule is O=C(CCC1CCNC1)Nc1cccc(-n2cccn2)c1. The van der Waals surface area contributed by atoms with Gasteiger partial charge in [-0.3, -0.25) is 4.79 Å². The van der Waals surface area contributed by atoms with E-state index in [0.29, 0.717) is 12.3 Å². The molecule has 1 saturated heterocycles. The Morgan fingerprint density at radius 3 is 3.14 bits per heavy atom. The lowest BCUT2D eigenvalue weighted by atomic mass is 10.0. The third-order valence-electron chi connectivity index (χ3n) is 3.84. The lowest BCUT2D eigenvalue weighted by molar-refractivity contribution is -0.116. The van der Waals surface area contributed by atoms with Gasteiger partial charge in [0.25, 0.3) is 0 Å². The van der Waals surface area contributed by atoms with Crippen LogP contribution in [0.1, 0.15) is 19.3 Å². The lowest BCUT2D eigenvalue weighted by Crippen LogP contribution is -2.15. The summed E-state index contributed by atoms with van der Waals surface area (Å²) in [5.41, 5.74) is 1.76. The molecule has 1 amide bonds. The van der Waals surface area contributed by atoms with Gasteiger partial charge in [-0.25, -0.2) is 4.68 Å². The molecule has 1 unspecified atom stereocenters. The molecule has 1 atom stereocenters. The number of anilines is 1. The van der Waals surface area contributed by atoms with Crippen molar-refractivity contribution in [1.29, 1.82) is 0 Å². The van der Waals surface area contributed by atoms with Crippen molar-refractivity contribution in [2.24, 2.45) is 5.92 Å². The van der Waals surface area contributed by atoms with Gasteiger partial charge in [0.15, 0.2) is 0 Å². The topological polar surface area (TPSA) is 59.0 Å². The average Bonchev–Trinajstić information content (AvgIpc) is 3.19. The highest BCUT2D eigenvalue weighted by Crippen LogP contribution is 2.17. The van der Waals surface area contributed by atoms with Gasteiger partial charge < -0.3 is 10.6 Å². The first-order chi connectivity index (χ1) is 10.3. The summed E-state index contributed by atoms with van der Waals surface area (Å²) in [4.78, 5) is 12.0. The van der Waals surface area contributed by atoms with Crippen LogP contribution in [0.5, 0.6) is 0 Å². The molecule has 5 nitrogen and oxygen atoms in total. The summed E-state index contributed by atoms with van der Waals surface area (Å²) in [5.74, 6) is 0.727. The van der Waals surface area contributed by atoms with E-state index in [0.717, 1.165) is 30.9 Å². The van der Waals surface area contributed by atoms with Gasteiger partial charge in [0.1, 0.15) is 0 Å². The van der Waals surface area contributed by atoms with Crippen molar-refractivity contribution >= 4 is 11.6 Å². The van der Waals surface area contributed by atoms with Crippen LogP contribution in [-0.2, 0) is 4.79 Å². The number of amides is 1. The molecule has 2 N–H and O–H groups in total. The van der Waals surface area contributed by atoms with Crippen molar-refractivity contribution in [2.45, 2.75) is 19.3 Å². The second-order valence-electron chi connectivity index (χ2n) is 5.45. The summed E-state index contributed by atoms with van der Waals surface area (Å²) < 4.78 is 1.78. The van der Waals surface area contributed by atoms with E-state index in [1.54, 1.807) is 10.9 Å². The first-order valence-electron chi connectivity index (χ1n) is 7.42. The van der Waals surface area contributed by atoms with Crippen LogP contribution in [0, 0.1) is 5.92 Å². The zero-order valence-corrected chi connectivity index (χ0v) is 12.0. The predicted molar refractivity (Wildman–Crippen MR) is 82.4 cm³/mol. The Kier molecular flexibility index (Phi) is 4.31. The van der Waals surface area contributed by atoms with Crippen LogP contribution in [0.25, 0.3) is 5.69 Å². The maximum atomic E-state index is 12.0. The minimum Gasteiger partial charge on any atom is -0.326 e. The zero-order valence-electron chi connectivity index (χ0n) is 12.0. The van der Waals surface area contributed by atoms with Gasteiger partial charge in [0.2, 0.25) is 5.91 Å². The highest BCUT2D eigenvalue weighted by Gasteiger charge is 2.15. The van der Waals surface area contributed by atoms with Crippen LogP contribution < -0.4 is 10.6 Å². The van der Waals surface area contributed by atoms with Crippen LogP contribution in [-0.4, -0.2) is 28.8 Å². The van der Waals surface area contributed by atoms with Crippen molar-refractivity contribution in [3.63, 3.8) is 0 Å². The first-order valence-corrected chi connectivity index (χ1v) is 7.42. The number of hydrogen-bond donors (Lipinski definition) is 2. The fourth-order valence-electron chi connectivity index (χ4n) is 2.67. The highest BCUT2D eigenvalue weighted by molar-refractivity contribution is 5.90. The molecule has 1 aliphatic heterocycles. The van der Waals surface area contributed by atoms with E-state index < -0.39 is 0 Å². The van der Waals surface area contributed by atoms with Crippen LogP contribution in [0.2, 0.25) is 0 Å². The van der Waals surface area contributed by atoms with Crippen molar-refractivity contribution < 1.29 is 4.79 Å². The van der Waals surface area contributed by atoms with Gasteiger partial charge in [-0.15, -0.1) is 0 Å². The van der Waals surface area contributed by atoms with E-state index in [-0.39, 0.29) is 5.91 Å². The van der Waals surface area contributed by atoms with Gasteiger partial charge in [0.05, 0.1) is 5.69 Å². The molecule has 1 aromatic carbocycles. The van der Waals surface area contributed by atoms with E-state index >= 15 is 0 Å². The molecule has 21 heavy (non-hydrogen) atoms. The Bertz CT molecular complexity index is 588. The Hall–Kier alpha value is -2.14. The monoisotopic (exact) mass is 284 g/mol. The van der Waals surface area contributed by atoms with Crippen LogP contribution in [0.3, 0.4) is 0 Å². The summed E-state index contributed by atoms with van der Waals surface area (Å²) in [6.45, 7) is 2.13. The highest BCUT2D eigenvalue weighted by atomic mass is 16.1. The molecule has 5 heteroatoms. The number of nitrogens with one attached hydrogen (secondary N) is 2. The molecule has 0 spiro atoms. The molecule has 0 bridgehead atoms. The minimum absolute atomic E-state index is 0.0829. The predicted octanol–water partition coefficient (Wildman–Crippen LogP) is 2.20. The molecule has 1 aromatic heterocycles. The molecule has 1 aliphatic rings. The normalized spacial score (nSPS) is 17.8. The number of carbonyl (C=O) groups excluding carboxylic acids is 1. The standard InChI is InChI=1S/C16H20N4O/c21-16(6-5-13-7-9-17-12-13)19-14-3-1-4-15(11-14)20-10-2-8-18-20/h1-4,8,10-11,13,17H,5-7,9,12H2,(H,19,21). The molecular weight excluding hydrogens is 264 g/mol. The molecule has 3 rings (SSSR count). The number of nitrogens with zero attached hydrogens (tertiary/aromatic N) is 2. The second kappa shape index (κ2) is 6.54. The second-order valence-corrected chi connectivity index (χ2v) is 5.45. The molecule has 2 aromatic rings. The Morgan fingerprint density at radius 2 is 2.38 bits per heavy atom. The van der Waals surface area contributed by atoms with Crippen molar-refractivity contribution in [2.75, 3.05) is 18.4 Å². The number of aromatic nitrogens is 2. The quantitative estimate of drug-likeness (QED) is 0.885. The maximum absolute atomic E-state index is 12.0. The van der Waals surface area contributed by atoms with Gasteiger partial charge >= 0.3 is 0 Å². The maximum Gasteiger partial charge on any atom is 0.224 e. The summed E-state index contributed by atoms with van der Waals surface area (Å²) in [6, 6.07) is 9.60. The van der Waals surface area contributed by atoms with E-state index in [1.165, 1.54) is 6.42 Å². The third kappa shape index (κ3) is 3.70. The Balaban J connectivity index is 1.56. The molecule has 0 saturated carbocycles. The van der Waals surface area contributed by atoms with Gasteiger partial charge in [-0.2, -0.15) is 5.10 Å². The number of hydrogen-bond acceptors (Lipinski definition) is 3. The van der Waals surface area contributed by atoms with Gasteiger partial charge in [-0.1, -0.05) is 6.07 Å². The zero-order chi connectivity index (χ0) is 14.5. The van der Waals surface area contributed by atoms with E-state index in [1.807, 2.05) is 36.5 Å². The third-order valence-corrected chi connectivity index (χ3v) is 3.84. The largest absolute Gasteiger partial charge is 0.326 e. The Labute approximate surface area is 124 Å².